The Labute approximate surface area is 402 Å². The van der Waals surface area contributed by atoms with Crippen molar-refractivity contribution in [2.75, 3.05) is 31.6 Å². The molecule has 6 rings (SSSR count). The third-order valence-corrected chi connectivity index (χ3v) is 14.1. The maximum atomic E-state index is 13.8. The summed E-state index contributed by atoms with van der Waals surface area (Å²) in [6.45, 7) is 16.5. The zero-order chi connectivity index (χ0) is 48.6. The van der Waals surface area contributed by atoms with E-state index in [2.05, 4.69) is 37.3 Å². The molecule has 0 unspecified atom stereocenters. The van der Waals surface area contributed by atoms with Crippen molar-refractivity contribution < 1.29 is 33.8 Å². The molecule has 4 atom stereocenters. The quantitative estimate of drug-likeness (QED) is 0.0559. The number of aliphatic hydroxyl groups excluding tert-OH is 1. The minimum atomic E-state index is -0.904. The average Bonchev–Trinajstić information content (AvgIpc) is 3.92. The van der Waals surface area contributed by atoms with Crippen molar-refractivity contribution >= 4 is 52.3 Å². The first-order valence-corrected chi connectivity index (χ1v) is 24.1. The monoisotopic (exact) mass is 954 g/mol. The lowest BCUT2D eigenvalue weighted by Crippen LogP contribution is -2.74. The molecular formula is C50H63ClN8O7S. The highest BCUT2D eigenvalue weighted by Gasteiger charge is 2.64. The molecule has 1 saturated heterocycles. The van der Waals surface area contributed by atoms with E-state index in [1.54, 1.807) is 41.8 Å². The van der Waals surface area contributed by atoms with Crippen molar-refractivity contribution in [2.24, 2.45) is 16.7 Å². The van der Waals surface area contributed by atoms with Crippen LogP contribution in [0.2, 0.25) is 5.02 Å². The first kappa shape index (κ1) is 50.8. The van der Waals surface area contributed by atoms with Crippen LogP contribution in [-0.4, -0.2) is 100 Å². The van der Waals surface area contributed by atoms with Crippen LogP contribution in [0.1, 0.15) is 108 Å². The lowest BCUT2D eigenvalue weighted by molar-refractivity contribution is -0.164. The Morgan fingerprint density at radius 3 is 2.34 bits per heavy atom. The molecule has 1 aliphatic heterocycles. The molecule has 0 radical (unpaired) electrons. The number of pyridine rings is 1. The Bertz CT molecular complexity index is 2400. The zero-order valence-electron chi connectivity index (χ0n) is 39.5. The predicted octanol–water partition coefficient (Wildman–Crippen LogP) is 7.23. The van der Waals surface area contributed by atoms with Crippen LogP contribution in [0.15, 0.2) is 66.3 Å². The number of aromatic nitrogens is 2. The van der Waals surface area contributed by atoms with Gasteiger partial charge < -0.3 is 40.7 Å². The Morgan fingerprint density at radius 2 is 1.72 bits per heavy atom. The minimum Gasteiger partial charge on any atom is -0.489 e. The molecule has 2 aromatic heterocycles. The van der Waals surface area contributed by atoms with E-state index in [0.29, 0.717) is 35.2 Å². The van der Waals surface area contributed by atoms with Gasteiger partial charge in [-0.25, -0.2) is 9.97 Å². The number of ether oxygens (including phenoxy) is 2. The van der Waals surface area contributed by atoms with Crippen LogP contribution in [0, 0.1) is 35.0 Å². The number of hydrogen-bond acceptors (Lipinski definition) is 12. The summed E-state index contributed by atoms with van der Waals surface area (Å²) in [4.78, 5) is 64.9. The van der Waals surface area contributed by atoms with E-state index in [1.165, 1.54) is 4.90 Å². The molecule has 3 heterocycles. The average molecular weight is 956 g/mol. The molecule has 5 N–H and O–H groups in total. The lowest BCUT2D eigenvalue weighted by Gasteiger charge is -2.63. The number of hydrogen-bond donors (Lipinski definition) is 5. The molecule has 0 spiro atoms. The molecule has 4 amide bonds. The fourth-order valence-corrected chi connectivity index (χ4v) is 10.5. The van der Waals surface area contributed by atoms with Crippen LogP contribution in [-0.2, 0) is 19.1 Å². The van der Waals surface area contributed by atoms with E-state index in [4.69, 9.17) is 21.1 Å². The summed E-state index contributed by atoms with van der Waals surface area (Å²) >= 11 is 7.80. The number of thiazole rings is 1. The first-order valence-electron chi connectivity index (χ1n) is 22.8. The topological polar surface area (TPSA) is 208 Å². The van der Waals surface area contributed by atoms with E-state index in [1.807, 2.05) is 91.2 Å². The maximum absolute atomic E-state index is 13.8. The van der Waals surface area contributed by atoms with Gasteiger partial charge in [0.25, 0.3) is 5.91 Å². The molecule has 2 aliphatic rings. The number of unbranched alkanes of at least 4 members (excludes halogenated alkanes) is 2. The molecule has 2 fully saturated rings. The number of aryl methyl sites for hydroxylation is 1. The van der Waals surface area contributed by atoms with Gasteiger partial charge in [0.15, 0.2) is 0 Å². The summed E-state index contributed by atoms with van der Waals surface area (Å²) in [6, 6.07) is 16.2. The van der Waals surface area contributed by atoms with Crippen molar-refractivity contribution in [3.05, 3.63) is 93.8 Å². The second-order valence-corrected chi connectivity index (χ2v) is 20.3. The number of β-amino-alcohol motifs (C(OH)–C–C–N with tert-alkyl or cyclic N) is 1. The molecule has 1 aliphatic carbocycles. The van der Waals surface area contributed by atoms with Crippen LogP contribution in [0.3, 0.4) is 0 Å². The number of likely N-dealkylation sites (tertiary alicyclic amines) is 1. The van der Waals surface area contributed by atoms with Gasteiger partial charge in [-0.3, -0.25) is 19.2 Å². The summed E-state index contributed by atoms with van der Waals surface area (Å²) in [5, 5.41) is 32.4. The number of aliphatic hydroxyl groups is 1. The molecule has 17 heteroatoms. The van der Waals surface area contributed by atoms with Gasteiger partial charge in [-0.1, -0.05) is 77.4 Å². The Kier molecular flexibility index (Phi) is 16.7. The van der Waals surface area contributed by atoms with Crippen LogP contribution < -0.4 is 26.0 Å². The number of carbonyl (C=O) groups is 4. The molecular weight excluding hydrogens is 892 g/mol. The van der Waals surface area contributed by atoms with Gasteiger partial charge in [-0.15, -0.1) is 11.3 Å². The number of halogens is 1. The highest BCUT2D eigenvalue weighted by atomic mass is 35.5. The first-order chi connectivity index (χ1) is 31.8. The number of nitrogens with one attached hydrogen (secondary N) is 4. The minimum absolute atomic E-state index is 0.00639. The Balaban J connectivity index is 0.873. The Hall–Kier alpha value is -5.60. The second kappa shape index (κ2) is 22.0. The normalized spacial score (nSPS) is 20.2. The highest BCUT2D eigenvalue weighted by molar-refractivity contribution is 7.13. The van der Waals surface area contributed by atoms with Gasteiger partial charge in [-0.2, -0.15) is 5.26 Å². The number of amides is 4. The third kappa shape index (κ3) is 12.1. The van der Waals surface area contributed by atoms with Crippen LogP contribution in [0.5, 0.6) is 5.75 Å². The number of nitriles is 1. The largest absolute Gasteiger partial charge is 0.489 e. The number of anilines is 1. The molecule has 2 aromatic carbocycles. The molecule has 0 bridgehead atoms. The molecule has 67 heavy (non-hydrogen) atoms. The van der Waals surface area contributed by atoms with Crippen molar-refractivity contribution in [3.63, 3.8) is 0 Å². The smallest absolute Gasteiger partial charge is 0.270 e. The summed E-state index contributed by atoms with van der Waals surface area (Å²) in [7, 11) is 0. The van der Waals surface area contributed by atoms with Gasteiger partial charge in [0, 0.05) is 49.1 Å². The summed E-state index contributed by atoms with van der Waals surface area (Å²) in [5.74, 6) is -1.21. The van der Waals surface area contributed by atoms with Gasteiger partial charge in [0.1, 0.15) is 42.3 Å². The van der Waals surface area contributed by atoms with Crippen LogP contribution in [0.4, 0.5) is 5.69 Å². The standard InChI is InChI=1S/C50H63ClN8O7S/c1-29(2)42(46(64)59-26-36(60)22-40(59)45(63)56-30(3)32-12-14-33(15-13-32)43-31(4)55-28-67-43)57-41(61)27-65-21-11-9-10-20-53-35-17-19-39(54-25-35)44(62)58-47-49(5,6)48(50(47,7)8)66-37-18-16-34(24-52)38(51)23-37/h12-19,23,25,28-30,36,40,42,47-48,53,60H,9-11,20-22,26-27H2,1-8H3,(H,56,63)(H,57,61)(H,58,62)/t30-,36+,40-,42-,47-,48-/m0/s1. The maximum Gasteiger partial charge on any atom is 0.270 e. The van der Waals surface area contributed by atoms with Crippen LogP contribution in [0.25, 0.3) is 10.4 Å². The van der Waals surface area contributed by atoms with E-state index >= 15 is 0 Å². The number of carbonyl (C=O) groups excluding carboxylic acids is 4. The summed E-state index contributed by atoms with van der Waals surface area (Å²) in [5.41, 5.74) is 5.38. The van der Waals surface area contributed by atoms with E-state index in [9.17, 15) is 29.5 Å². The summed E-state index contributed by atoms with van der Waals surface area (Å²) < 4.78 is 12.0. The second-order valence-electron chi connectivity index (χ2n) is 19.1. The van der Waals surface area contributed by atoms with Gasteiger partial charge in [-0.05, 0) is 74.4 Å². The SMILES string of the molecule is Cc1ncsc1-c1ccc([C@H](C)NC(=O)[C@@H]2C[C@@H](O)CN2C(=O)[C@@H](NC(=O)COCCCCCNc2ccc(C(=O)N[C@H]3C(C)(C)[C@H](Oc4ccc(C#N)c(Cl)c4)C3(C)C)nc2)C(C)C)cc1. The fraction of sp³-hybridized carbons (Fsp3) is 0.500. The summed E-state index contributed by atoms with van der Waals surface area (Å²) in [6.07, 6.45) is 3.04. The fourth-order valence-electron chi connectivity index (χ4n) is 9.45. The highest BCUT2D eigenvalue weighted by Crippen LogP contribution is 2.55. The van der Waals surface area contributed by atoms with Crippen molar-refractivity contribution in [2.45, 2.75) is 117 Å². The number of nitrogens with zero attached hydrogens (tertiary/aromatic N) is 4. The van der Waals surface area contributed by atoms with E-state index < -0.39 is 40.8 Å². The van der Waals surface area contributed by atoms with Crippen molar-refractivity contribution in [1.29, 1.82) is 5.26 Å². The van der Waals surface area contributed by atoms with E-state index in [0.717, 1.165) is 46.6 Å². The van der Waals surface area contributed by atoms with Gasteiger partial charge in [0.2, 0.25) is 17.7 Å². The van der Waals surface area contributed by atoms with Gasteiger partial charge >= 0.3 is 0 Å². The van der Waals surface area contributed by atoms with Crippen molar-refractivity contribution in [1.82, 2.24) is 30.8 Å². The molecule has 4 aromatic rings. The third-order valence-electron chi connectivity index (χ3n) is 12.8. The Morgan fingerprint density at radius 1 is 0.985 bits per heavy atom. The molecule has 15 nitrogen and oxygen atoms in total. The lowest BCUT2D eigenvalue weighted by atomic mass is 9.49. The molecule has 358 valence electrons. The number of benzene rings is 2. The van der Waals surface area contributed by atoms with Gasteiger partial charge in [0.05, 0.1) is 50.7 Å². The predicted molar refractivity (Wildman–Crippen MR) is 259 cm³/mol. The number of rotatable bonds is 20. The zero-order valence-corrected chi connectivity index (χ0v) is 41.1. The van der Waals surface area contributed by atoms with E-state index in [-0.39, 0.29) is 55.5 Å². The van der Waals surface area contributed by atoms with Crippen molar-refractivity contribution in [3.8, 4) is 22.3 Å². The van der Waals surface area contributed by atoms with Crippen LogP contribution >= 0.6 is 22.9 Å². The molecule has 1 saturated carbocycles.